The van der Waals surface area contributed by atoms with E-state index in [4.69, 9.17) is 4.74 Å². The minimum absolute atomic E-state index is 0.0302. The molecule has 2 aromatic carbocycles. The maximum Gasteiger partial charge on any atom is 0.251 e. The van der Waals surface area contributed by atoms with Crippen molar-refractivity contribution in [2.24, 2.45) is 5.92 Å². The Morgan fingerprint density at radius 1 is 0.926 bits per heavy atom. The molecular formula is C22H28N2O3. The van der Waals surface area contributed by atoms with Gasteiger partial charge in [-0.1, -0.05) is 49.2 Å². The molecule has 5 nitrogen and oxygen atoms in total. The van der Waals surface area contributed by atoms with Gasteiger partial charge in [0.1, 0.15) is 18.4 Å². The van der Waals surface area contributed by atoms with Crippen molar-refractivity contribution in [1.29, 1.82) is 0 Å². The second-order valence-electron chi connectivity index (χ2n) is 7.01. The zero-order valence-corrected chi connectivity index (χ0v) is 16.4. The second-order valence-corrected chi connectivity index (χ2v) is 7.01. The molecule has 2 rings (SSSR count). The van der Waals surface area contributed by atoms with Crippen LogP contribution in [0.25, 0.3) is 0 Å². The van der Waals surface area contributed by atoms with Crippen LogP contribution in [0.1, 0.15) is 35.3 Å². The quantitative estimate of drug-likeness (QED) is 0.703. The maximum atomic E-state index is 12.5. The number of aryl methyl sites for hydroxylation is 2. The number of hydrogen-bond acceptors (Lipinski definition) is 3. The van der Waals surface area contributed by atoms with Gasteiger partial charge in [-0.15, -0.1) is 0 Å². The Labute approximate surface area is 161 Å². The number of carbonyl (C=O) groups is 2. The molecule has 0 bridgehead atoms. The Hall–Kier alpha value is -2.82. The third kappa shape index (κ3) is 6.44. The summed E-state index contributed by atoms with van der Waals surface area (Å²) in [7, 11) is 0. The zero-order valence-electron chi connectivity index (χ0n) is 16.4. The van der Waals surface area contributed by atoms with E-state index in [-0.39, 0.29) is 17.7 Å². The first-order valence-corrected chi connectivity index (χ1v) is 9.21. The lowest BCUT2D eigenvalue weighted by molar-refractivity contribution is -0.124. The smallest absolute Gasteiger partial charge is 0.251 e. The van der Waals surface area contributed by atoms with Crippen LogP contribution in [0.2, 0.25) is 0 Å². The van der Waals surface area contributed by atoms with Crippen LogP contribution in [0, 0.1) is 19.8 Å². The van der Waals surface area contributed by atoms with Crippen molar-refractivity contribution in [2.75, 3.05) is 13.2 Å². The van der Waals surface area contributed by atoms with Gasteiger partial charge in [-0.3, -0.25) is 9.59 Å². The van der Waals surface area contributed by atoms with Crippen molar-refractivity contribution in [3.63, 3.8) is 0 Å². The highest BCUT2D eigenvalue weighted by molar-refractivity contribution is 5.97. The van der Waals surface area contributed by atoms with Gasteiger partial charge in [0, 0.05) is 5.56 Å². The topological polar surface area (TPSA) is 67.4 Å². The summed E-state index contributed by atoms with van der Waals surface area (Å²) in [6.07, 6.45) is 0. The second kappa shape index (κ2) is 9.76. The van der Waals surface area contributed by atoms with Gasteiger partial charge in [-0.2, -0.15) is 0 Å². The third-order valence-corrected chi connectivity index (χ3v) is 4.24. The van der Waals surface area contributed by atoms with Gasteiger partial charge < -0.3 is 15.4 Å². The van der Waals surface area contributed by atoms with E-state index in [9.17, 15) is 9.59 Å². The van der Waals surface area contributed by atoms with Crippen LogP contribution in [0.4, 0.5) is 0 Å². The number of carbonyl (C=O) groups excluding carboxylic acids is 2. The molecule has 2 aromatic rings. The van der Waals surface area contributed by atoms with Crippen molar-refractivity contribution in [3.8, 4) is 5.75 Å². The first-order chi connectivity index (χ1) is 12.9. The Bertz CT molecular complexity index is 752. The maximum absolute atomic E-state index is 12.5. The fourth-order valence-corrected chi connectivity index (χ4v) is 2.55. The SMILES string of the molecule is Cc1ccc(OCCNC(=O)C(NC(=O)c2ccc(C)cc2)C(C)C)cc1. The molecule has 2 amide bonds. The average molecular weight is 368 g/mol. The summed E-state index contributed by atoms with van der Waals surface area (Å²) in [4.78, 5) is 24.9. The van der Waals surface area contributed by atoms with Gasteiger partial charge >= 0.3 is 0 Å². The molecule has 0 aliphatic carbocycles. The van der Waals surface area contributed by atoms with E-state index in [1.165, 1.54) is 5.56 Å². The molecule has 0 saturated carbocycles. The van der Waals surface area contributed by atoms with E-state index in [0.717, 1.165) is 11.3 Å². The van der Waals surface area contributed by atoms with Crippen LogP contribution in [-0.2, 0) is 4.79 Å². The monoisotopic (exact) mass is 368 g/mol. The van der Waals surface area contributed by atoms with Gasteiger partial charge in [0.2, 0.25) is 5.91 Å². The summed E-state index contributed by atoms with van der Waals surface area (Å²) in [5.74, 6) is 0.276. The zero-order chi connectivity index (χ0) is 19.8. The minimum Gasteiger partial charge on any atom is -0.492 e. The van der Waals surface area contributed by atoms with E-state index in [1.807, 2.05) is 64.1 Å². The molecule has 0 radical (unpaired) electrons. The lowest BCUT2D eigenvalue weighted by Crippen LogP contribution is -2.50. The predicted octanol–water partition coefficient (Wildman–Crippen LogP) is 3.25. The molecule has 5 heteroatoms. The van der Waals surface area contributed by atoms with Crippen LogP contribution in [0.3, 0.4) is 0 Å². The Kier molecular flexibility index (Phi) is 7.41. The van der Waals surface area contributed by atoms with Gasteiger partial charge in [0.15, 0.2) is 0 Å². The number of amides is 2. The third-order valence-electron chi connectivity index (χ3n) is 4.24. The van der Waals surface area contributed by atoms with E-state index in [1.54, 1.807) is 12.1 Å². The number of nitrogens with one attached hydrogen (secondary N) is 2. The highest BCUT2D eigenvalue weighted by atomic mass is 16.5. The molecule has 0 aliphatic rings. The molecule has 144 valence electrons. The highest BCUT2D eigenvalue weighted by Crippen LogP contribution is 2.11. The summed E-state index contributed by atoms with van der Waals surface area (Å²) in [6.45, 7) is 8.53. The lowest BCUT2D eigenvalue weighted by atomic mass is 10.0. The summed E-state index contributed by atoms with van der Waals surface area (Å²) in [6, 6.07) is 14.4. The van der Waals surface area contributed by atoms with Gasteiger partial charge in [-0.05, 0) is 44.0 Å². The molecule has 0 saturated heterocycles. The molecule has 0 heterocycles. The molecule has 0 spiro atoms. The summed E-state index contributed by atoms with van der Waals surface area (Å²) in [5, 5.41) is 5.66. The predicted molar refractivity (Wildman–Crippen MR) is 107 cm³/mol. The standard InChI is InChI=1S/C22H28N2O3/c1-15(2)20(24-21(25)18-9-5-16(3)6-10-18)22(26)23-13-14-27-19-11-7-17(4)8-12-19/h5-12,15,20H,13-14H2,1-4H3,(H,23,26)(H,24,25). The van der Waals surface area contributed by atoms with Crippen LogP contribution >= 0.6 is 0 Å². The fourth-order valence-electron chi connectivity index (χ4n) is 2.55. The Morgan fingerprint density at radius 2 is 1.48 bits per heavy atom. The molecule has 0 aromatic heterocycles. The van der Waals surface area contributed by atoms with Crippen molar-refractivity contribution in [1.82, 2.24) is 10.6 Å². The number of ether oxygens (including phenoxy) is 1. The largest absolute Gasteiger partial charge is 0.492 e. The van der Waals surface area contributed by atoms with Crippen molar-refractivity contribution in [3.05, 3.63) is 65.2 Å². The molecule has 0 fully saturated rings. The molecule has 0 aliphatic heterocycles. The van der Waals surface area contributed by atoms with Gasteiger partial charge in [0.05, 0.1) is 6.54 Å². The molecule has 2 N–H and O–H groups in total. The Morgan fingerprint density at radius 3 is 2.04 bits per heavy atom. The number of hydrogen-bond donors (Lipinski definition) is 2. The molecular weight excluding hydrogens is 340 g/mol. The average Bonchev–Trinajstić information content (AvgIpc) is 2.64. The summed E-state index contributed by atoms with van der Waals surface area (Å²) < 4.78 is 5.61. The van der Waals surface area contributed by atoms with E-state index >= 15 is 0 Å². The number of rotatable bonds is 8. The first-order valence-electron chi connectivity index (χ1n) is 9.21. The first kappa shape index (κ1) is 20.5. The summed E-state index contributed by atoms with van der Waals surface area (Å²) in [5.41, 5.74) is 2.79. The van der Waals surface area contributed by atoms with Crippen LogP contribution in [0.15, 0.2) is 48.5 Å². The van der Waals surface area contributed by atoms with Crippen molar-refractivity contribution < 1.29 is 14.3 Å². The van der Waals surface area contributed by atoms with Crippen LogP contribution in [0.5, 0.6) is 5.75 Å². The summed E-state index contributed by atoms with van der Waals surface area (Å²) >= 11 is 0. The van der Waals surface area contributed by atoms with Gasteiger partial charge in [0.25, 0.3) is 5.91 Å². The van der Waals surface area contributed by atoms with Gasteiger partial charge in [-0.25, -0.2) is 0 Å². The van der Waals surface area contributed by atoms with Crippen molar-refractivity contribution in [2.45, 2.75) is 33.7 Å². The lowest BCUT2D eigenvalue weighted by Gasteiger charge is -2.22. The normalized spacial score (nSPS) is 11.7. The highest BCUT2D eigenvalue weighted by Gasteiger charge is 2.24. The molecule has 27 heavy (non-hydrogen) atoms. The fraction of sp³-hybridized carbons (Fsp3) is 0.364. The molecule has 1 unspecified atom stereocenters. The van der Waals surface area contributed by atoms with E-state index < -0.39 is 6.04 Å². The van der Waals surface area contributed by atoms with Crippen LogP contribution in [-0.4, -0.2) is 31.0 Å². The van der Waals surface area contributed by atoms with Crippen molar-refractivity contribution >= 4 is 11.8 Å². The minimum atomic E-state index is -0.599. The number of benzene rings is 2. The Balaban J connectivity index is 1.84. The van der Waals surface area contributed by atoms with Crippen LogP contribution < -0.4 is 15.4 Å². The van der Waals surface area contributed by atoms with E-state index in [2.05, 4.69) is 10.6 Å². The van der Waals surface area contributed by atoms with E-state index in [0.29, 0.717) is 18.7 Å². The molecule has 1 atom stereocenters.